The number of piperidine rings is 1. The molecule has 0 unspecified atom stereocenters. The van der Waals surface area contributed by atoms with Gasteiger partial charge in [0.15, 0.2) is 5.82 Å². The van der Waals surface area contributed by atoms with Crippen molar-refractivity contribution >= 4 is 40.6 Å². The maximum atomic E-state index is 12.8. The third-order valence-electron chi connectivity index (χ3n) is 6.25. The zero-order chi connectivity index (χ0) is 22.3. The molecule has 0 aliphatic carbocycles. The van der Waals surface area contributed by atoms with E-state index in [0.717, 1.165) is 71.0 Å². The molecule has 0 spiro atoms. The van der Waals surface area contributed by atoms with Crippen LogP contribution in [0.2, 0.25) is 10.0 Å². The lowest BCUT2D eigenvalue weighted by molar-refractivity contribution is 0.102. The molecule has 32 heavy (non-hydrogen) atoms. The normalized spacial score (nSPS) is 18.4. The minimum Gasteiger partial charge on any atom is -0.380 e. The molecule has 2 aromatic rings. The molecule has 8 heteroatoms. The van der Waals surface area contributed by atoms with Gasteiger partial charge in [-0.15, -0.1) is 0 Å². The average molecular weight is 477 g/mol. The zero-order valence-electron chi connectivity index (χ0n) is 18.2. The fourth-order valence-electron chi connectivity index (χ4n) is 4.42. The molecular weight excluding hydrogens is 447 g/mol. The summed E-state index contributed by atoms with van der Waals surface area (Å²) in [6.07, 6.45) is 6.23. The maximum Gasteiger partial charge on any atom is 0.255 e. The highest BCUT2D eigenvalue weighted by atomic mass is 35.5. The number of carbonyl (C=O) groups excluding carboxylic acids is 1. The van der Waals surface area contributed by atoms with Crippen LogP contribution < -0.4 is 10.2 Å². The minimum absolute atomic E-state index is 0.228. The summed E-state index contributed by atoms with van der Waals surface area (Å²) in [6, 6.07) is 8.66. The summed E-state index contributed by atoms with van der Waals surface area (Å²) in [5.74, 6) is 1.26. The van der Waals surface area contributed by atoms with Crippen molar-refractivity contribution in [1.82, 2.24) is 9.88 Å². The summed E-state index contributed by atoms with van der Waals surface area (Å²) in [4.78, 5) is 22.1. The van der Waals surface area contributed by atoms with Crippen molar-refractivity contribution in [2.75, 3.05) is 56.2 Å². The molecule has 3 heterocycles. The number of ether oxygens (including phenoxy) is 1. The highest BCUT2D eigenvalue weighted by Gasteiger charge is 2.24. The molecule has 1 aromatic carbocycles. The van der Waals surface area contributed by atoms with Gasteiger partial charge in [0.1, 0.15) is 0 Å². The second-order valence-corrected chi connectivity index (χ2v) is 9.39. The largest absolute Gasteiger partial charge is 0.380 e. The number of benzene rings is 1. The Bertz CT molecular complexity index is 911. The topological polar surface area (TPSA) is 57.7 Å². The molecule has 0 radical (unpaired) electrons. The van der Waals surface area contributed by atoms with E-state index in [1.807, 2.05) is 0 Å². The van der Waals surface area contributed by atoms with E-state index in [4.69, 9.17) is 27.9 Å². The molecule has 4 rings (SSSR count). The number of rotatable bonds is 6. The molecular formula is C24H30Cl2N4O2. The van der Waals surface area contributed by atoms with Gasteiger partial charge in [0.25, 0.3) is 5.91 Å². The lowest BCUT2D eigenvalue weighted by Crippen LogP contribution is -2.36. The number of amides is 1. The van der Waals surface area contributed by atoms with E-state index >= 15 is 0 Å². The van der Waals surface area contributed by atoms with Gasteiger partial charge < -0.3 is 19.9 Å². The van der Waals surface area contributed by atoms with Crippen molar-refractivity contribution in [2.45, 2.75) is 25.7 Å². The molecule has 2 saturated heterocycles. The quantitative estimate of drug-likeness (QED) is 0.637. The van der Waals surface area contributed by atoms with Crippen LogP contribution in [0.5, 0.6) is 0 Å². The molecule has 1 aromatic heterocycles. The fraction of sp³-hybridized carbons (Fsp3) is 0.500. The fourth-order valence-corrected chi connectivity index (χ4v) is 4.77. The van der Waals surface area contributed by atoms with Crippen molar-refractivity contribution in [2.24, 2.45) is 5.92 Å². The van der Waals surface area contributed by atoms with Crippen molar-refractivity contribution in [3.63, 3.8) is 0 Å². The first-order valence-electron chi connectivity index (χ1n) is 11.4. The molecule has 2 fully saturated rings. The van der Waals surface area contributed by atoms with Crippen LogP contribution in [0.15, 0.2) is 36.5 Å². The standard InChI is InChI=1S/C24H30Cl2N4O2/c25-20-4-1-3-19(15-20)24(31)28-22-16-21(26)17-27-23(22)30-10-6-18(7-11-30)5-9-29-8-2-13-32-14-12-29/h1,3-4,15-18H,2,5-14H2,(H,28,31). The first kappa shape index (κ1) is 23.3. The van der Waals surface area contributed by atoms with E-state index < -0.39 is 0 Å². The number of aromatic nitrogens is 1. The van der Waals surface area contributed by atoms with Gasteiger partial charge in [-0.2, -0.15) is 0 Å². The Labute approximate surface area is 199 Å². The van der Waals surface area contributed by atoms with Crippen LogP contribution in [-0.2, 0) is 4.74 Å². The number of carbonyl (C=O) groups is 1. The molecule has 0 bridgehead atoms. The van der Waals surface area contributed by atoms with Crippen LogP contribution >= 0.6 is 23.2 Å². The Morgan fingerprint density at radius 1 is 1.09 bits per heavy atom. The lowest BCUT2D eigenvalue weighted by Gasteiger charge is -2.34. The van der Waals surface area contributed by atoms with Crippen LogP contribution in [0.4, 0.5) is 11.5 Å². The lowest BCUT2D eigenvalue weighted by atomic mass is 9.93. The summed E-state index contributed by atoms with van der Waals surface area (Å²) in [5, 5.41) is 3.99. The van der Waals surface area contributed by atoms with Gasteiger partial charge in [0, 0.05) is 49.6 Å². The van der Waals surface area contributed by atoms with Crippen molar-refractivity contribution in [1.29, 1.82) is 0 Å². The predicted octanol–water partition coefficient (Wildman–Crippen LogP) is 4.97. The highest BCUT2D eigenvalue weighted by molar-refractivity contribution is 6.31. The summed E-state index contributed by atoms with van der Waals surface area (Å²) in [6.45, 7) is 6.91. The number of nitrogens with zero attached hydrogens (tertiary/aromatic N) is 3. The third kappa shape index (κ3) is 6.35. The molecule has 0 atom stereocenters. The second-order valence-electron chi connectivity index (χ2n) is 8.52. The van der Waals surface area contributed by atoms with Crippen LogP contribution in [0, 0.1) is 5.92 Å². The highest BCUT2D eigenvalue weighted by Crippen LogP contribution is 2.31. The molecule has 0 saturated carbocycles. The number of nitrogens with one attached hydrogen (secondary N) is 1. The first-order valence-corrected chi connectivity index (χ1v) is 12.1. The molecule has 6 nitrogen and oxygen atoms in total. The molecule has 1 amide bonds. The Balaban J connectivity index is 1.35. The minimum atomic E-state index is -0.228. The summed E-state index contributed by atoms with van der Waals surface area (Å²) in [5.41, 5.74) is 1.13. The van der Waals surface area contributed by atoms with Gasteiger partial charge in [-0.05, 0) is 62.4 Å². The van der Waals surface area contributed by atoms with E-state index in [1.165, 1.54) is 6.42 Å². The SMILES string of the molecule is O=C(Nc1cc(Cl)cnc1N1CCC(CCN2CCCOCC2)CC1)c1cccc(Cl)c1. The predicted molar refractivity (Wildman–Crippen MR) is 130 cm³/mol. The van der Waals surface area contributed by atoms with Gasteiger partial charge in [-0.25, -0.2) is 4.98 Å². The number of anilines is 2. The maximum absolute atomic E-state index is 12.8. The van der Waals surface area contributed by atoms with Crippen molar-refractivity contribution in [3.8, 4) is 0 Å². The first-order chi connectivity index (χ1) is 15.6. The monoisotopic (exact) mass is 476 g/mol. The molecule has 2 aliphatic heterocycles. The van der Waals surface area contributed by atoms with E-state index in [2.05, 4.69) is 20.1 Å². The van der Waals surface area contributed by atoms with E-state index in [-0.39, 0.29) is 5.91 Å². The van der Waals surface area contributed by atoms with Crippen molar-refractivity contribution < 1.29 is 9.53 Å². The Morgan fingerprint density at radius 2 is 1.94 bits per heavy atom. The van der Waals surface area contributed by atoms with E-state index in [1.54, 1.807) is 36.5 Å². The smallest absolute Gasteiger partial charge is 0.255 e. The Hall–Kier alpha value is -1.86. The van der Waals surface area contributed by atoms with Crippen molar-refractivity contribution in [3.05, 3.63) is 52.1 Å². The van der Waals surface area contributed by atoms with E-state index in [0.29, 0.717) is 27.2 Å². The average Bonchev–Trinajstić information content (AvgIpc) is 3.07. The van der Waals surface area contributed by atoms with Crippen LogP contribution in [0.1, 0.15) is 36.0 Å². The van der Waals surface area contributed by atoms with Crippen LogP contribution in [0.3, 0.4) is 0 Å². The third-order valence-corrected chi connectivity index (χ3v) is 6.69. The number of halogens is 2. The van der Waals surface area contributed by atoms with E-state index in [9.17, 15) is 4.79 Å². The van der Waals surface area contributed by atoms with Crippen LogP contribution in [-0.4, -0.2) is 61.7 Å². The van der Waals surface area contributed by atoms with Gasteiger partial charge in [0.05, 0.1) is 17.3 Å². The summed E-state index contributed by atoms with van der Waals surface area (Å²) >= 11 is 12.2. The van der Waals surface area contributed by atoms with Gasteiger partial charge in [-0.1, -0.05) is 29.3 Å². The molecule has 172 valence electrons. The zero-order valence-corrected chi connectivity index (χ0v) is 19.7. The molecule has 1 N–H and O–H groups in total. The Kier molecular flexibility index (Phi) is 8.25. The van der Waals surface area contributed by atoms with Crippen LogP contribution in [0.25, 0.3) is 0 Å². The number of pyridine rings is 1. The summed E-state index contributed by atoms with van der Waals surface area (Å²) < 4.78 is 5.56. The molecule has 2 aliphatic rings. The number of hydrogen-bond donors (Lipinski definition) is 1. The van der Waals surface area contributed by atoms with Gasteiger partial charge in [0.2, 0.25) is 0 Å². The summed E-state index contributed by atoms with van der Waals surface area (Å²) in [7, 11) is 0. The van der Waals surface area contributed by atoms with Gasteiger partial charge in [-0.3, -0.25) is 4.79 Å². The van der Waals surface area contributed by atoms with Gasteiger partial charge >= 0.3 is 0 Å². The second kappa shape index (κ2) is 11.3. The number of hydrogen-bond acceptors (Lipinski definition) is 5. The Morgan fingerprint density at radius 3 is 2.75 bits per heavy atom.